The Kier molecular flexibility index (Phi) is 2.97. The van der Waals surface area contributed by atoms with Crippen LogP contribution in [0.3, 0.4) is 0 Å². The third-order valence-electron chi connectivity index (χ3n) is 2.76. The van der Waals surface area contributed by atoms with Crippen LogP contribution in [0.15, 0.2) is 12.2 Å². The molecule has 0 aromatic carbocycles. The van der Waals surface area contributed by atoms with Gasteiger partial charge in [0.2, 0.25) is 0 Å². The van der Waals surface area contributed by atoms with E-state index in [0.29, 0.717) is 5.57 Å². The Hall–Kier alpha value is -0.830. The van der Waals surface area contributed by atoms with E-state index in [0.717, 1.165) is 6.42 Å². The summed E-state index contributed by atoms with van der Waals surface area (Å²) in [5, 5.41) is 3.46. The predicted octanol–water partition coefficient (Wildman–Crippen LogP) is 2.02. The molecule has 3 heteroatoms. The van der Waals surface area contributed by atoms with Gasteiger partial charge in [-0.3, -0.25) is 0 Å². The minimum atomic E-state index is -0.299. The van der Waals surface area contributed by atoms with E-state index < -0.39 is 0 Å². The summed E-state index contributed by atoms with van der Waals surface area (Å²) in [5.74, 6) is -0.299. The fourth-order valence-electron chi connectivity index (χ4n) is 2.14. The second kappa shape index (κ2) is 3.63. The minimum Gasteiger partial charge on any atom is -0.457 e. The number of rotatable bonds is 2. The Balaban J connectivity index is 2.71. The molecular formula is C12H21NO2. The van der Waals surface area contributed by atoms with E-state index in [1.165, 1.54) is 0 Å². The number of carbonyl (C=O) groups excluding carboxylic acids is 1. The maximum Gasteiger partial charge on any atom is 0.333 e. The predicted molar refractivity (Wildman–Crippen MR) is 60.6 cm³/mol. The van der Waals surface area contributed by atoms with Crippen LogP contribution < -0.4 is 5.32 Å². The number of hydrogen-bond donors (Lipinski definition) is 1. The number of nitrogens with one attached hydrogen (secondary N) is 1. The molecule has 0 aromatic heterocycles. The van der Waals surface area contributed by atoms with E-state index in [4.69, 9.17) is 4.74 Å². The van der Waals surface area contributed by atoms with Crippen molar-refractivity contribution in [2.45, 2.75) is 58.2 Å². The van der Waals surface area contributed by atoms with Crippen LogP contribution in [0.4, 0.5) is 0 Å². The van der Waals surface area contributed by atoms with E-state index in [9.17, 15) is 4.79 Å². The van der Waals surface area contributed by atoms with Crippen molar-refractivity contribution in [3.63, 3.8) is 0 Å². The molecule has 0 bridgehead atoms. The zero-order chi connectivity index (χ0) is 11.9. The molecule has 1 aliphatic rings. The molecule has 1 atom stereocenters. The summed E-state index contributed by atoms with van der Waals surface area (Å²) in [6.07, 6.45) is 0.746. The van der Waals surface area contributed by atoms with Gasteiger partial charge < -0.3 is 10.1 Å². The Morgan fingerprint density at radius 2 is 1.93 bits per heavy atom. The molecule has 3 nitrogen and oxygen atoms in total. The lowest BCUT2D eigenvalue weighted by molar-refractivity contribution is -0.146. The van der Waals surface area contributed by atoms with Gasteiger partial charge in [-0.2, -0.15) is 0 Å². The van der Waals surface area contributed by atoms with Gasteiger partial charge in [0.05, 0.1) is 5.54 Å². The molecule has 0 spiro atoms. The zero-order valence-corrected chi connectivity index (χ0v) is 10.3. The zero-order valence-electron chi connectivity index (χ0n) is 10.3. The van der Waals surface area contributed by atoms with Crippen LogP contribution in [0.2, 0.25) is 0 Å². The summed E-state index contributed by atoms with van der Waals surface area (Å²) in [7, 11) is 0. The first kappa shape index (κ1) is 12.2. The van der Waals surface area contributed by atoms with Crippen molar-refractivity contribution in [1.29, 1.82) is 0 Å². The van der Waals surface area contributed by atoms with Crippen LogP contribution in [0, 0.1) is 0 Å². The van der Waals surface area contributed by atoms with Gasteiger partial charge in [0.1, 0.15) is 6.10 Å². The molecule has 1 N–H and O–H groups in total. The average molecular weight is 211 g/mol. The quantitative estimate of drug-likeness (QED) is 0.561. The van der Waals surface area contributed by atoms with Crippen molar-refractivity contribution in [2.75, 3.05) is 0 Å². The summed E-state index contributed by atoms with van der Waals surface area (Å²) in [6, 6.07) is 0. The molecule has 86 valence electrons. The Morgan fingerprint density at radius 3 is 2.27 bits per heavy atom. The molecule has 1 heterocycles. The lowest BCUT2D eigenvalue weighted by Crippen LogP contribution is -2.47. The van der Waals surface area contributed by atoms with E-state index in [2.05, 4.69) is 39.6 Å². The third kappa shape index (κ3) is 2.81. The van der Waals surface area contributed by atoms with Crippen LogP contribution in [-0.2, 0) is 9.53 Å². The maximum atomic E-state index is 11.4. The summed E-state index contributed by atoms with van der Waals surface area (Å²) in [4.78, 5) is 11.4. The molecular weight excluding hydrogens is 190 g/mol. The van der Waals surface area contributed by atoms with Crippen molar-refractivity contribution >= 4 is 5.97 Å². The Morgan fingerprint density at radius 1 is 1.40 bits per heavy atom. The topological polar surface area (TPSA) is 38.3 Å². The first-order valence-electron chi connectivity index (χ1n) is 5.30. The van der Waals surface area contributed by atoms with Crippen molar-refractivity contribution in [1.82, 2.24) is 5.32 Å². The highest BCUT2D eigenvalue weighted by Gasteiger charge is 2.46. The highest BCUT2D eigenvalue weighted by molar-refractivity contribution is 5.87. The molecule has 1 fully saturated rings. The monoisotopic (exact) mass is 211 g/mol. The third-order valence-corrected chi connectivity index (χ3v) is 2.76. The Labute approximate surface area is 91.9 Å². The smallest absolute Gasteiger partial charge is 0.333 e. The normalized spacial score (nSPS) is 27.4. The van der Waals surface area contributed by atoms with Crippen LogP contribution in [-0.4, -0.2) is 23.2 Å². The van der Waals surface area contributed by atoms with Crippen LogP contribution >= 0.6 is 0 Å². The standard InChI is InChI=1S/C12H21NO2/c1-8(2)10(14)15-9-7-11(3,4)13-12(9,5)6/h9,13H,1,7H2,2-6H3. The second-order valence-corrected chi connectivity index (χ2v) is 5.61. The minimum absolute atomic E-state index is 0.0174. The molecule has 1 unspecified atom stereocenters. The Bertz CT molecular complexity index is 292. The van der Waals surface area contributed by atoms with Gasteiger partial charge in [-0.25, -0.2) is 4.79 Å². The van der Waals surface area contributed by atoms with Crippen molar-refractivity contribution in [3.05, 3.63) is 12.2 Å². The van der Waals surface area contributed by atoms with Gasteiger partial charge in [-0.15, -0.1) is 0 Å². The van der Waals surface area contributed by atoms with Gasteiger partial charge in [-0.1, -0.05) is 6.58 Å². The first-order valence-corrected chi connectivity index (χ1v) is 5.30. The van der Waals surface area contributed by atoms with Crippen LogP contribution in [0.5, 0.6) is 0 Å². The lowest BCUT2D eigenvalue weighted by Gasteiger charge is -2.27. The SMILES string of the molecule is C=C(C)C(=O)OC1CC(C)(C)NC1(C)C. The summed E-state index contributed by atoms with van der Waals surface area (Å²) in [6.45, 7) is 13.6. The lowest BCUT2D eigenvalue weighted by atomic mass is 9.97. The molecule has 1 rings (SSSR count). The number of carbonyl (C=O) groups is 1. The summed E-state index contributed by atoms with van der Waals surface area (Å²) in [5.41, 5.74) is 0.300. The molecule has 0 saturated carbocycles. The van der Waals surface area contributed by atoms with E-state index in [-0.39, 0.29) is 23.2 Å². The highest BCUT2D eigenvalue weighted by atomic mass is 16.5. The van der Waals surface area contributed by atoms with Crippen molar-refractivity contribution in [2.24, 2.45) is 0 Å². The second-order valence-electron chi connectivity index (χ2n) is 5.61. The van der Waals surface area contributed by atoms with Gasteiger partial charge in [0, 0.05) is 17.5 Å². The largest absolute Gasteiger partial charge is 0.457 e. The molecule has 0 amide bonds. The molecule has 1 saturated heterocycles. The summed E-state index contributed by atoms with van der Waals surface area (Å²) >= 11 is 0. The molecule has 1 aliphatic heterocycles. The van der Waals surface area contributed by atoms with Crippen LogP contribution in [0.1, 0.15) is 41.0 Å². The number of hydrogen-bond acceptors (Lipinski definition) is 3. The van der Waals surface area contributed by atoms with Crippen LogP contribution in [0.25, 0.3) is 0 Å². The average Bonchev–Trinajstić information content (AvgIpc) is 2.18. The fourth-order valence-corrected chi connectivity index (χ4v) is 2.14. The van der Waals surface area contributed by atoms with Gasteiger partial charge in [-0.05, 0) is 34.6 Å². The highest BCUT2D eigenvalue weighted by Crippen LogP contribution is 2.32. The molecule has 15 heavy (non-hydrogen) atoms. The first-order chi connectivity index (χ1) is 6.64. The van der Waals surface area contributed by atoms with E-state index >= 15 is 0 Å². The van der Waals surface area contributed by atoms with Crippen molar-refractivity contribution in [3.8, 4) is 0 Å². The maximum absolute atomic E-state index is 11.4. The molecule has 0 aromatic rings. The number of ether oxygens (including phenoxy) is 1. The van der Waals surface area contributed by atoms with E-state index in [1.807, 2.05) is 0 Å². The summed E-state index contributed by atoms with van der Waals surface area (Å²) < 4.78 is 5.42. The van der Waals surface area contributed by atoms with Gasteiger partial charge in [0.25, 0.3) is 0 Å². The van der Waals surface area contributed by atoms with E-state index in [1.54, 1.807) is 6.92 Å². The molecule has 0 aliphatic carbocycles. The van der Waals surface area contributed by atoms with Gasteiger partial charge >= 0.3 is 5.97 Å². The van der Waals surface area contributed by atoms with Gasteiger partial charge in [0.15, 0.2) is 0 Å². The van der Waals surface area contributed by atoms with Crippen molar-refractivity contribution < 1.29 is 9.53 Å². The fraction of sp³-hybridized carbons (Fsp3) is 0.750. The molecule has 0 radical (unpaired) electrons. The number of esters is 1.